The zero-order chi connectivity index (χ0) is 54.1. The van der Waals surface area contributed by atoms with E-state index >= 15 is 4.79 Å². The summed E-state index contributed by atoms with van der Waals surface area (Å²) in [6.45, 7) is 4.78. The van der Waals surface area contributed by atoms with Crippen molar-refractivity contribution < 1.29 is 33.5 Å². The van der Waals surface area contributed by atoms with Gasteiger partial charge in [-0.25, -0.2) is 9.78 Å². The summed E-state index contributed by atoms with van der Waals surface area (Å²) >= 11 is 2.65. The first-order chi connectivity index (χ1) is 38.1. The van der Waals surface area contributed by atoms with Gasteiger partial charge >= 0.3 is 11.9 Å². The fourth-order valence-corrected chi connectivity index (χ4v) is 11.6. The molecule has 13 nitrogen and oxygen atoms in total. The minimum Gasteiger partial charge on any atom is -0.425 e. The first kappa shape index (κ1) is 52.5. The van der Waals surface area contributed by atoms with E-state index in [1.807, 2.05) is 152 Å². The van der Waals surface area contributed by atoms with Gasteiger partial charge in [0.15, 0.2) is 10.8 Å². The molecule has 8 aromatic rings. The number of allylic oxidation sites excluding steroid dienone is 1. The number of carbonyl (C=O) groups is 4. The number of thiazole rings is 1. The Morgan fingerprint density at radius 3 is 1.68 bits per heavy atom. The standard InChI is InChI=1S/C63H54N6O7S2/c1-42(2)59(72)74-43(3)75-60(73)55-45(37-36-44-23-22-38-64-39-44)40-77-58-54(57(71)69(55)58)66-56(70)53(68-76-63(49-30-16-7-17-31-49,50-32-18-8-19-33-50)51-34-20-9-21-35-51)52-41-78-61(65-52)67-62(46-24-10-4-11-25-46,47-26-12-5-13-27-47)48-28-14-6-15-29-48/h4-39,41-43,54,58H,40H2,1-3H3,(H,65,67)(H,66,70)/b37-36-,68-53?/t43?,54-,58+/m1/s1. The Morgan fingerprint density at radius 1 is 0.679 bits per heavy atom. The lowest BCUT2D eigenvalue weighted by atomic mass is 9.77. The van der Waals surface area contributed by atoms with E-state index in [1.54, 1.807) is 49.8 Å². The quantitative estimate of drug-likeness (QED) is 0.0198. The number of anilines is 1. The number of thioether (sulfide) groups is 1. The molecule has 1 unspecified atom stereocenters. The molecule has 1 fully saturated rings. The third-order valence-corrected chi connectivity index (χ3v) is 15.4. The van der Waals surface area contributed by atoms with Gasteiger partial charge in [-0.15, -0.1) is 23.1 Å². The molecule has 2 N–H and O–H groups in total. The van der Waals surface area contributed by atoms with Crippen LogP contribution in [0.15, 0.2) is 234 Å². The minimum absolute atomic E-state index is 0.0358. The summed E-state index contributed by atoms with van der Waals surface area (Å²) in [5.41, 5.74) is 3.89. The Morgan fingerprint density at radius 2 is 1.19 bits per heavy atom. The van der Waals surface area contributed by atoms with Gasteiger partial charge in [-0.05, 0) is 33.9 Å². The number of pyridine rings is 1. The monoisotopic (exact) mass is 1070 g/mol. The number of amides is 2. The van der Waals surface area contributed by atoms with Crippen molar-refractivity contribution in [3.05, 3.63) is 274 Å². The molecule has 2 amide bonds. The highest BCUT2D eigenvalue weighted by Gasteiger charge is 2.55. The number of nitrogens with one attached hydrogen (secondary N) is 2. The number of benzene rings is 6. The summed E-state index contributed by atoms with van der Waals surface area (Å²) < 4.78 is 11.1. The average molecular weight is 1070 g/mol. The summed E-state index contributed by atoms with van der Waals surface area (Å²) in [6, 6.07) is 61.8. The van der Waals surface area contributed by atoms with E-state index < -0.39 is 58.5 Å². The van der Waals surface area contributed by atoms with Crippen LogP contribution in [0.25, 0.3) is 6.08 Å². The van der Waals surface area contributed by atoms with Crippen LogP contribution in [-0.4, -0.2) is 67.8 Å². The molecule has 2 aliphatic rings. The van der Waals surface area contributed by atoms with Crippen molar-refractivity contribution in [2.45, 2.75) is 49.6 Å². The first-order valence-electron chi connectivity index (χ1n) is 25.4. The molecular weight excluding hydrogens is 1020 g/mol. The van der Waals surface area contributed by atoms with Crippen molar-refractivity contribution in [1.82, 2.24) is 20.2 Å². The van der Waals surface area contributed by atoms with E-state index in [1.165, 1.54) is 34.9 Å². The number of ether oxygens (including phenoxy) is 2. The Balaban J connectivity index is 1.05. The van der Waals surface area contributed by atoms with Gasteiger partial charge in [-0.3, -0.25) is 24.3 Å². The van der Waals surface area contributed by atoms with Gasteiger partial charge in [0.05, 0.1) is 5.92 Å². The summed E-state index contributed by atoms with van der Waals surface area (Å²) in [6.07, 6.45) is 5.58. The number of nitrogens with zero attached hydrogens (tertiary/aromatic N) is 4. The molecule has 390 valence electrons. The van der Waals surface area contributed by atoms with Gasteiger partial charge in [0.2, 0.25) is 11.9 Å². The third-order valence-electron chi connectivity index (χ3n) is 13.4. The van der Waals surface area contributed by atoms with Crippen molar-refractivity contribution >= 4 is 63.8 Å². The average Bonchev–Trinajstić information content (AvgIpc) is 4.07. The van der Waals surface area contributed by atoms with Crippen LogP contribution in [0.3, 0.4) is 0 Å². The number of rotatable bonds is 19. The second-order valence-electron chi connectivity index (χ2n) is 18.7. The fourth-order valence-electron chi connectivity index (χ4n) is 9.55. The van der Waals surface area contributed by atoms with E-state index in [9.17, 15) is 14.4 Å². The van der Waals surface area contributed by atoms with Gasteiger partial charge in [-0.1, -0.05) is 219 Å². The predicted molar refractivity (Wildman–Crippen MR) is 304 cm³/mol. The number of aromatic nitrogens is 2. The normalized spacial score (nSPS) is 16.0. The molecule has 0 spiro atoms. The van der Waals surface area contributed by atoms with Crippen LogP contribution in [0.2, 0.25) is 0 Å². The van der Waals surface area contributed by atoms with Gasteiger partial charge in [0.1, 0.15) is 28.3 Å². The Labute approximate surface area is 460 Å². The molecule has 2 aliphatic heterocycles. The molecular formula is C63H54N6O7S2. The summed E-state index contributed by atoms with van der Waals surface area (Å²) in [7, 11) is 0. The number of carbonyl (C=O) groups excluding carboxylic acids is 4. The highest BCUT2D eigenvalue weighted by Crippen LogP contribution is 2.44. The van der Waals surface area contributed by atoms with Crippen LogP contribution in [-0.2, 0) is 44.6 Å². The van der Waals surface area contributed by atoms with E-state index in [2.05, 4.69) is 52.0 Å². The number of esters is 2. The topological polar surface area (TPSA) is 161 Å². The van der Waals surface area contributed by atoms with Crippen molar-refractivity contribution in [1.29, 1.82) is 0 Å². The Hall–Kier alpha value is -8.92. The smallest absolute Gasteiger partial charge is 0.358 e. The van der Waals surface area contributed by atoms with E-state index in [-0.39, 0.29) is 22.9 Å². The maximum atomic E-state index is 15.4. The largest absolute Gasteiger partial charge is 0.425 e. The first-order valence-corrected chi connectivity index (χ1v) is 27.3. The fraction of sp³-hybridized carbons (Fsp3) is 0.159. The van der Waals surface area contributed by atoms with E-state index in [0.717, 1.165) is 38.9 Å². The number of fused-ring (bicyclic) bond motifs is 1. The van der Waals surface area contributed by atoms with E-state index in [4.69, 9.17) is 24.5 Å². The summed E-state index contributed by atoms with van der Waals surface area (Å²) in [5, 5.41) is 13.1. The summed E-state index contributed by atoms with van der Waals surface area (Å²) in [5.74, 6) is -2.96. The lowest BCUT2D eigenvalue weighted by molar-refractivity contribution is -0.186. The number of hydrogen-bond acceptors (Lipinski definition) is 13. The number of hydrogen-bond donors (Lipinski definition) is 2. The Bertz CT molecular complexity index is 3280. The molecule has 0 aliphatic carbocycles. The second-order valence-corrected chi connectivity index (χ2v) is 20.7. The van der Waals surface area contributed by atoms with Gasteiger partial charge in [0.25, 0.3) is 11.8 Å². The van der Waals surface area contributed by atoms with Crippen molar-refractivity contribution in [3.63, 3.8) is 0 Å². The predicted octanol–water partition coefficient (Wildman–Crippen LogP) is 11.1. The SMILES string of the molecule is CC(OC(=O)C1=C(/C=C\c2cccnc2)CS[C@H]2[C@H](NC(=O)C(=NOC(c3ccccc3)(c3ccccc3)c3ccccc3)c3csc(NC(c4ccccc4)(c4ccccc4)c4ccccc4)n3)C(=O)N12)OC(=O)C(C)C. The lowest BCUT2D eigenvalue weighted by Gasteiger charge is -2.49. The van der Waals surface area contributed by atoms with Gasteiger partial charge < -0.3 is 24.9 Å². The van der Waals surface area contributed by atoms with Crippen molar-refractivity contribution in [3.8, 4) is 0 Å². The maximum absolute atomic E-state index is 15.4. The third kappa shape index (κ3) is 10.7. The zero-order valence-electron chi connectivity index (χ0n) is 42.8. The molecule has 2 aromatic heterocycles. The highest BCUT2D eigenvalue weighted by molar-refractivity contribution is 8.00. The molecule has 15 heteroatoms. The molecule has 4 heterocycles. The van der Waals surface area contributed by atoms with Gasteiger partial charge in [0, 0.05) is 47.1 Å². The molecule has 0 bridgehead atoms. The van der Waals surface area contributed by atoms with Crippen LogP contribution in [0, 0.1) is 5.92 Å². The molecule has 78 heavy (non-hydrogen) atoms. The molecule has 3 atom stereocenters. The number of oxime groups is 1. The van der Waals surface area contributed by atoms with E-state index in [0.29, 0.717) is 10.7 Å². The molecule has 10 rings (SSSR count). The molecule has 0 saturated carbocycles. The molecule has 0 radical (unpaired) electrons. The van der Waals surface area contributed by atoms with Crippen LogP contribution in [0.4, 0.5) is 5.13 Å². The zero-order valence-corrected chi connectivity index (χ0v) is 44.5. The van der Waals surface area contributed by atoms with Crippen molar-refractivity contribution in [2.24, 2.45) is 11.1 Å². The van der Waals surface area contributed by atoms with Crippen LogP contribution >= 0.6 is 23.1 Å². The van der Waals surface area contributed by atoms with Crippen molar-refractivity contribution in [2.75, 3.05) is 11.1 Å². The number of β-lactam (4-membered cyclic amide) rings is 1. The lowest BCUT2D eigenvalue weighted by Crippen LogP contribution is -2.71. The summed E-state index contributed by atoms with van der Waals surface area (Å²) in [4.78, 5) is 74.3. The Kier molecular flexibility index (Phi) is 15.8. The maximum Gasteiger partial charge on any atom is 0.358 e. The second kappa shape index (κ2) is 23.5. The highest BCUT2D eigenvalue weighted by atomic mass is 32.2. The van der Waals surface area contributed by atoms with Crippen LogP contribution < -0.4 is 10.6 Å². The molecule has 6 aromatic carbocycles. The van der Waals surface area contributed by atoms with Crippen LogP contribution in [0.1, 0.15) is 65.4 Å². The minimum atomic E-state index is -1.39. The van der Waals surface area contributed by atoms with Crippen LogP contribution in [0.5, 0.6) is 0 Å². The van der Waals surface area contributed by atoms with Gasteiger partial charge in [-0.2, -0.15) is 0 Å². The molecule has 1 saturated heterocycles.